The first-order chi connectivity index (χ1) is 21.5. The summed E-state index contributed by atoms with van der Waals surface area (Å²) >= 11 is 0. The number of benzene rings is 2. The van der Waals surface area contributed by atoms with Crippen LogP contribution in [-0.2, 0) is 19.2 Å². The molecule has 0 saturated heterocycles. The van der Waals surface area contributed by atoms with Crippen LogP contribution < -0.4 is 27.8 Å². The molecule has 14 heteroatoms. The molecule has 3 aliphatic rings. The van der Waals surface area contributed by atoms with Gasteiger partial charge in [0, 0.05) is 30.9 Å². The van der Waals surface area contributed by atoms with Gasteiger partial charge in [-0.15, -0.1) is 0 Å². The summed E-state index contributed by atoms with van der Waals surface area (Å²) in [7, 11) is 5.94. The second-order valence-electron chi connectivity index (χ2n) is 12.6. The van der Waals surface area contributed by atoms with Gasteiger partial charge in [-0.2, -0.15) is 5.26 Å². The molecule has 0 bridgehead atoms. The molecule has 8 atom stereocenters. The van der Waals surface area contributed by atoms with Gasteiger partial charge in [0.1, 0.15) is 11.7 Å². The molecule has 46 heavy (non-hydrogen) atoms. The average molecular weight is 630 g/mol. The van der Waals surface area contributed by atoms with E-state index in [-0.39, 0.29) is 11.1 Å². The molecule has 2 aromatic carbocycles. The number of nitriles is 1. The summed E-state index contributed by atoms with van der Waals surface area (Å²) in [5.41, 5.74) is 18.2. The SMILES string of the molecule is CN(C)c1cc(C=Cc2ccccc2)c(O)c2c1[C@H](N)[C@]1(N)C(C2=O)C(=O)[C@]2(C#N)C(=O)C(C(N)=O)C(=O)[C@@H](N(C)C)[C@]2(N)[C@H]1O. The third kappa shape index (κ3) is 3.84. The van der Waals surface area contributed by atoms with Crippen LogP contribution in [0.25, 0.3) is 12.2 Å². The number of hydrogen-bond donors (Lipinski definition) is 6. The molecule has 10 N–H and O–H groups in total. The topological polar surface area (TPSA) is 260 Å². The number of carbonyl (C=O) groups excluding carboxylic acids is 5. The smallest absolute Gasteiger partial charge is 0.235 e. The number of hydrogen-bond acceptors (Lipinski definition) is 13. The van der Waals surface area contributed by atoms with E-state index < -0.39 is 86.9 Å². The number of anilines is 1. The van der Waals surface area contributed by atoms with Crippen LogP contribution in [0.1, 0.15) is 33.1 Å². The number of aliphatic hydroxyl groups is 1. The second kappa shape index (κ2) is 10.6. The molecule has 0 aromatic heterocycles. The first-order valence-corrected chi connectivity index (χ1v) is 14.3. The molecule has 2 saturated carbocycles. The third-order valence-electron chi connectivity index (χ3n) is 9.76. The number of amides is 1. The molecule has 3 aliphatic carbocycles. The van der Waals surface area contributed by atoms with Crippen LogP contribution in [-0.4, -0.2) is 95.6 Å². The average Bonchev–Trinajstić information content (AvgIpc) is 2.98. The molecule has 2 aromatic rings. The number of phenolic OH excluding ortho intramolecular Hbond substituents is 1. The summed E-state index contributed by atoms with van der Waals surface area (Å²) in [4.78, 5) is 71.9. The third-order valence-corrected chi connectivity index (χ3v) is 9.76. The van der Waals surface area contributed by atoms with Gasteiger partial charge in [-0.3, -0.25) is 28.9 Å². The Morgan fingerprint density at radius 1 is 1.02 bits per heavy atom. The first kappa shape index (κ1) is 32.6. The lowest BCUT2D eigenvalue weighted by Gasteiger charge is -2.64. The number of likely N-dealkylation sites (N-methyl/N-ethyl adjacent to an activating group) is 1. The van der Waals surface area contributed by atoms with E-state index in [1.807, 2.05) is 30.3 Å². The summed E-state index contributed by atoms with van der Waals surface area (Å²) in [6, 6.07) is 8.79. The van der Waals surface area contributed by atoms with E-state index in [9.17, 15) is 39.4 Å². The minimum atomic E-state index is -3.14. The van der Waals surface area contributed by atoms with Gasteiger partial charge in [0.25, 0.3) is 0 Å². The summed E-state index contributed by atoms with van der Waals surface area (Å²) in [5, 5.41) is 34.3. The molecule has 0 aliphatic heterocycles. The van der Waals surface area contributed by atoms with Crippen molar-refractivity contribution in [2.45, 2.75) is 29.3 Å². The van der Waals surface area contributed by atoms with Crippen LogP contribution in [0.2, 0.25) is 0 Å². The van der Waals surface area contributed by atoms with E-state index >= 15 is 0 Å². The number of aromatic hydroxyl groups is 1. The largest absolute Gasteiger partial charge is 0.507 e. The molecule has 2 unspecified atom stereocenters. The summed E-state index contributed by atoms with van der Waals surface area (Å²) in [5.74, 6) is -11.8. The predicted molar refractivity (Wildman–Crippen MR) is 166 cm³/mol. The monoisotopic (exact) mass is 629 g/mol. The van der Waals surface area contributed by atoms with Gasteiger partial charge in [0.05, 0.1) is 40.9 Å². The van der Waals surface area contributed by atoms with Gasteiger partial charge in [-0.1, -0.05) is 42.5 Å². The number of aliphatic hydroxyl groups excluding tert-OH is 1. The quantitative estimate of drug-likeness (QED) is 0.162. The van der Waals surface area contributed by atoms with Gasteiger partial charge < -0.3 is 38.0 Å². The maximum atomic E-state index is 14.7. The lowest BCUT2D eigenvalue weighted by molar-refractivity contribution is -0.181. The summed E-state index contributed by atoms with van der Waals surface area (Å²) in [6.45, 7) is 0. The maximum Gasteiger partial charge on any atom is 0.235 e. The van der Waals surface area contributed by atoms with Crippen molar-refractivity contribution in [1.82, 2.24) is 4.90 Å². The van der Waals surface area contributed by atoms with Gasteiger partial charge in [0.2, 0.25) is 5.91 Å². The lowest BCUT2D eigenvalue weighted by Crippen LogP contribution is -2.92. The molecule has 0 spiro atoms. The van der Waals surface area contributed by atoms with Crippen molar-refractivity contribution in [1.29, 1.82) is 5.26 Å². The molecule has 2 fully saturated rings. The van der Waals surface area contributed by atoms with Crippen molar-refractivity contribution in [2.24, 2.45) is 40.2 Å². The van der Waals surface area contributed by atoms with Gasteiger partial charge >= 0.3 is 0 Å². The number of nitrogens with two attached hydrogens (primary N) is 4. The van der Waals surface area contributed by atoms with E-state index in [1.165, 1.54) is 14.1 Å². The maximum absolute atomic E-state index is 14.7. The van der Waals surface area contributed by atoms with E-state index in [4.69, 9.17) is 22.9 Å². The fourth-order valence-corrected chi connectivity index (χ4v) is 7.62. The van der Waals surface area contributed by atoms with Gasteiger partial charge in [0.15, 0.2) is 34.5 Å². The normalized spacial score (nSPS) is 33.8. The standard InChI is InChI=1S/C32H35N7O7/c1-38(2)16-12-15(11-10-14-8-6-5-7-9-14)21(40)18-17(16)24(34)31(36)20(22(18)41)27(44)30(13-33)26(43)19(28(35)45)23(42)25(39(3)4)32(30,37)29(31)46/h5-12,19-20,24-25,29,40,46H,34,36-37H2,1-4H3,(H2,35,45)/t19?,20?,24-,25+,29-,30-,31+,32-/m0/s1. The highest BCUT2D eigenvalue weighted by Crippen LogP contribution is 2.59. The molecule has 1 amide bonds. The molecule has 5 rings (SSSR count). The van der Waals surface area contributed by atoms with Crippen LogP contribution in [0.4, 0.5) is 5.69 Å². The Bertz CT molecular complexity index is 1780. The number of Topliss-reactive ketones (excluding diaryl/α,β-unsaturated/α-hetero) is 4. The Balaban J connectivity index is 1.83. The van der Waals surface area contributed by atoms with Crippen LogP contribution in [0.3, 0.4) is 0 Å². The molecular formula is C32H35N7O7. The Hall–Kier alpha value is -4.78. The minimum absolute atomic E-state index is 0.0205. The van der Waals surface area contributed by atoms with Crippen molar-refractivity contribution in [2.75, 3.05) is 33.1 Å². The molecule has 240 valence electrons. The van der Waals surface area contributed by atoms with Crippen LogP contribution >= 0.6 is 0 Å². The highest BCUT2D eigenvalue weighted by Gasteiger charge is 2.83. The van der Waals surface area contributed by atoms with Gasteiger partial charge in [-0.25, -0.2) is 0 Å². The van der Waals surface area contributed by atoms with Crippen LogP contribution in [0, 0.1) is 28.6 Å². The first-order valence-electron chi connectivity index (χ1n) is 14.3. The Labute approximate surface area is 264 Å². The van der Waals surface area contributed by atoms with E-state index in [1.54, 1.807) is 43.3 Å². The summed E-state index contributed by atoms with van der Waals surface area (Å²) in [6.07, 6.45) is 0.904. The van der Waals surface area contributed by atoms with E-state index in [0.717, 1.165) is 10.5 Å². The highest BCUT2D eigenvalue weighted by molar-refractivity contribution is 6.33. The Kier molecular flexibility index (Phi) is 7.55. The fourth-order valence-electron chi connectivity index (χ4n) is 7.62. The van der Waals surface area contributed by atoms with Crippen molar-refractivity contribution < 1.29 is 34.2 Å². The number of phenols is 1. The fraction of sp³-hybridized carbons (Fsp3) is 0.375. The molecule has 0 heterocycles. The number of ketones is 4. The van der Waals surface area contributed by atoms with Crippen molar-refractivity contribution in [3.63, 3.8) is 0 Å². The Morgan fingerprint density at radius 2 is 1.63 bits per heavy atom. The predicted octanol–water partition coefficient (Wildman–Crippen LogP) is -1.53. The number of carbonyl (C=O) groups is 5. The minimum Gasteiger partial charge on any atom is -0.507 e. The molecule has 0 radical (unpaired) electrons. The Morgan fingerprint density at radius 3 is 2.15 bits per heavy atom. The second-order valence-corrected chi connectivity index (χ2v) is 12.6. The number of rotatable bonds is 5. The number of primary amides is 1. The highest BCUT2D eigenvalue weighted by atomic mass is 16.3. The lowest BCUT2D eigenvalue weighted by atomic mass is 9.41. The van der Waals surface area contributed by atoms with E-state index in [2.05, 4.69) is 0 Å². The van der Waals surface area contributed by atoms with Crippen molar-refractivity contribution >= 4 is 46.9 Å². The van der Waals surface area contributed by atoms with Crippen molar-refractivity contribution in [3.8, 4) is 11.8 Å². The number of nitrogens with zero attached hydrogens (tertiary/aromatic N) is 3. The molecular weight excluding hydrogens is 594 g/mol. The zero-order valence-corrected chi connectivity index (χ0v) is 25.6. The number of fused-ring (bicyclic) bond motifs is 3. The van der Waals surface area contributed by atoms with E-state index in [0.29, 0.717) is 5.69 Å². The van der Waals surface area contributed by atoms with Crippen molar-refractivity contribution in [3.05, 3.63) is 58.7 Å². The zero-order valence-electron chi connectivity index (χ0n) is 25.6. The van der Waals surface area contributed by atoms with Crippen LogP contribution in [0.5, 0.6) is 5.75 Å². The summed E-state index contributed by atoms with van der Waals surface area (Å²) < 4.78 is 0. The van der Waals surface area contributed by atoms with Gasteiger partial charge in [-0.05, 0) is 25.7 Å². The molecule has 14 nitrogen and oxygen atoms in total. The zero-order chi connectivity index (χ0) is 34.3. The van der Waals surface area contributed by atoms with Crippen LogP contribution in [0.15, 0.2) is 36.4 Å².